The molecule has 0 aliphatic carbocycles. The molecule has 0 bridgehead atoms. The molecule has 0 fully saturated rings. The number of rotatable bonds is 10. The van der Waals surface area contributed by atoms with E-state index in [9.17, 15) is 0 Å². The Kier molecular flexibility index (Phi) is 70.4. The minimum Gasteiger partial charge on any atom is -0.392 e. The Bertz CT molecular complexity index is 5320. The third-order valence-electron chi connectivity index (χ3n) is 16.3. The van der Waals surface area contributed by atoms with Crippen LogP contribution in [0.4, 0.5) is 0 Å². The van der Waals surface area contributed by atoms with Gasteiger partial charge in [0.1, 0.15) is 0 Å². The molecule has 0 saturated heterocycles. The van der Waals surface area contributed by atoms with Crippen LogP contribution in [0.25, 0.3) is 144 Å². The number of aromatic nitrogens is 2. The maximum absolute atomic E-state index is 4.27. The molecule has 0 atom stereocenters. The van der Waals surface area contributed by atoms with Crippen molar-refractivity contribution in [2.75, 3.05) is 0 Å². The maximum Gasteiger partial charge on any atom is 0 e. The normalized spacial score (nSPS) is 9.20. The van der Waals surface area contributed by atoms with Gasteiger partial charge in [0.25, 0.3) is 0 Å². The van der Waals surface area contributed by atoms with Crippen molar-refractivity contribution in [1.82, 2.24) is 9.97 Å². The molecule has 2 nitrogen and oxygen atoms in total. The first-order valence-corrected chi connectivity index (χ1v) is 33.0. The van der Waals surface area contributed by atoms with E-state index in [0.29, 0.717) is 0 Å². The van der Waals surface area contributed by atoms with E-state index in [1.165, 1.54) is 26.9 Å². The van der Waals surface area contributed by atoms with Crippen molar-refractivity contribution in [2.24, 2.45) is 0 Å². The van der Waals surface area contributed by atoms with Crippen molar-refractivity contribution >= 4 is 32.3 Å². The van der Waals surface area contributed by atoms with Crippen LogP contribution in [0.1, 0.15) is 0 Å². The number of hydrogen-bond acceptors (Lipinski definition) is 2. The van der Waals surface area contributed by atoms with Gasteiger partial charge in [0, 0.05) is 491 Å². The quantitative estimate of drug-likeness (QED) is 0.128. The summed E-state index contributed by atoms with van der Waals surface area (Å²) in [6.07, 6.45) is 5.25. The molecule has 0 aliphatic heterocycles. The zero-order valence-corrected chi connectivity index (χ0v) is 106. The summed E-state index contributed by atoms with van der Waals surface area (Å²) in [4.78, 5) is 8.37. The van der Waals surface area contributed by atoms with E-state index in [-0.39, 0.29) is 491 Å². The van der Waals surface area contributed by atoms with Gasteiger partial charge in [-0.15, -0.1) is 106 Å². The van der Waals surface area contributed by atoms with Crippen LogP contribution in [-0.2, 0) is 491 Å². The Morgan fingerprint density at radius 1 is 0.197 bits per heavy atom. The fourth-order valence-corrected chi connectivity index (χ4v) is 11.5. The first-order valence-electron chi connectivity index (χ1n) is 33.0. The largest absolute Gasteiger partial charge is 0.392 e. The second-order valence-electron chi connectivity index (χ2n) is 22.9. The number of hydrogen-bond donors (Lipinski definition) is 0. The van der Waals surface area contributed by atoms with Gasteiger partial charge in [-0.2, -0.15) is 151 Å². The van der Waals surface area contributed by atoms with Crippen molar-refractivity contribution in [2.45, 2.75) is 0 Å². The molecule has 18 rings (SSSR count). The molecule has 0 amide bonds. The van der Waals surface area contributed by atoms with Crippen LogP contribution in [-0.4, -0.2) is 9.97 Å². The molecule has 16 aromatic carbocycles. The fraction of sp³-hybridized carbons (Fsp3) is 0. The molecule has 0 aliphatic rings. The molecular formula is C100H54N2Y15-20. The van der Waals surface area contributed by atoms with Gasteiger partial charge in [-0.05, 0) is 6.20 Å². The van der Waals surface area contributed by atoms with Crippen molar-refractivity contribution in [3.05, 3.63) is 449 Å². The summed E-state index contributed by atoms with van der Waals surface area (Å²) in [5, 5.41) is 7.09. The molecule has 2 aromatic heterocycles. The van der Waals surface area contributed by atoms with Crippen LogP contribution in [0.2, 0.25) is 0 Å². The molecule has 0 saturated carbocycles. The van der Waals surface area contributed by atoms with Crippen LogP contribution in [0, 0.1) is 121 Å². The molecular weight excluding hydrogens is 2560 g/mol. The topological polar surface area (TPSA) is 25.8 Å². The van der Waals surface area contributed by atoms with Crippen LogP contribution >= 0.6 is 0 Å². The zero-order valence-electron chi connectivity index (χ0n) is 63.7. The Labute approximate surface area is 1070 Å². The maximum atomic E-state index is 4.27. The molecule has 0 unspecified atom stereocenters. The van der Waals surface area contributed by atoms with Crippen molar-refractivity contribution in [1.29, 1.82) is 0 Å². The predicted octanol–water partition coefficient (Wildman–Crippen LogP) is 23.3. The molecule has 2 heterocycles. The van der Waals surface area contributed by atoms with E-state index in [1.54, 1.807) is 24.7 Å². The second-order valence-corrected chi connectivity index (χ2v) is 22.9. The van der Waals surface area contributed by atoms with Crippen molar-refractivity contribution < 1.29 is 491 Å². The van der Waals surface area contributed by atoms with E-state index in [0.717, 1.165) is 117 Å². The van der Waals surface area contributed by atoms with Crippen LogP contribution < -0.4 is 0 Å². The Morgan fingerprint density at radius 3 is 1.09 bits per heavy atom. The van der Waals surface area contributed by atoms with Gasteiger partial charge in [0.15, 0.2) is 0 Å². The standard InChI is InChI=1S/3C22H12.2C17H9N.15Y/c1-2-9-17(10-3-1)19-14-6-7-15-21(19)22-16-8-12-18-11-4-5-13-20(18)22;2*1-2-9-18(10-3-1)21-12-6-7-13-22(21)20-15-14-17-8-4-5-11-19(17)16-20;1-2-6-14(7-3-1)15-8-4-9-16(12-15)17-10-5-11-18-13-17;1-2-7-14(8-3-1)15-9-6-10-16(13-15)17-11-4-5-12-18-17;;;;;;;;;;;;;;;/h1-9,11-13H;1-9,11,14,16H;1-9,11,14-15H;1-6,9,11,13H;1-7,10,12H;;;;;;;;;;;;;;;/q5*-4;;;;;;;;;;;;;;;. The molecule has 117 heavy (non-hydrogen) atoms. The smallest absolute Gasteiger partial charge is 0 e. The molecule has 18 aromatic rings. The zero-order chi connectivity index (χ0) is 68.8. The Balaban J connectivity index is 0. The molecule has 0 spiro atoms. The number of fused-ring (bicyclic) bond motifs is 3. The molecule has 529 valence electrons. The van der Waals surface area contributed by atoms with Crippen molar-refractivity contribution in [3.63, 3.8) is 0 Å². The third kappa shape index (κ3) is 36.0. The third-order valence-corrected chi connectivity index (χ3v) is 16.3. The van der Waals surface area contributed by atoms with Gasteiger partial charge in [0.2, 0.25) is 0 Å². The number of benzene rings is 16. The first-order chi connectivity index (χ1) is 50.6. The Hall–Kier alpha value is 3.16. The van der Waals surface area contributed by atoms with E-state index in [2.05, 4.69) is 210 Å². The summed E-state index contributed by atoms with van der Waals surface area (Å²) in [5.74, 6) is 0. The van der Waals surface area contributed by atoms with Crippen LogP contribution in [0.15, 0.2) is 328 Å². The molecule has 15 radical (unpaired) electrons. The van der Waals surface area contributed by atoms with E-state index in [1.807, 2.05) is 224 Å². The first kappa shape index (κ1) is 122. The fourth-order valence-electron chi connectivity index (χ4n) is 11.5. The van der Waals surface area contributed by atoms with Gasteiger partial charge in [-0.1, -0.05) is 84.1 Å². The van der Waals surface area contributed by atoms with Crippen LogP contribution in [0.3, 0.4) is 0 Å². The average Bonchev–Trinajstić information content (AvgIpc) is 0.801. The number of pyridine rings is 2. The average molecular weight is 2620 g/mol. The second kappa shape index (κ2) is 67.4. The SMILES string of the molecule is [Y].[Y].[Y].[Y].[Y].[Y].[Y].[Y].[Y].[Y].[Y].[Y].[Y].[Y].[Y].[c-]1ccc(-c2[c-]cccn2)[c-]c1-c1[c-]cccc1.[c-]1ccc(-c2[c-]ccnc2)[c-]c1-c1[c-]cccc1.[c-]1ccccc1-c1[c-]cc[c-]c1-c1[c-]c2ccccc2cc1.[c-]1ccccc1-c1[c-]cc[c-]c1-c1[c-]cc2ccccc2c1.[c-]1ccccc1-c1[c-]cc[c-]c1-c1[c-]ccc2ccccc12. The van der Waals surface area contributed by atoms with E-state index >= 15 is 0 Å². The minimum absolute atomic E-state index is 0. The molecule has 17 heteroatoms. The summed E-state index contributed by atoms with van der Waals surface area (Å²) in [7, 11) is 0. The Morgan fingerprint density at radius 2 is 0.598 bits per heavy atom. The van der Waals surface area contributed by atoms with Gasteiger partial charge in [0.05, 0.1) is 0 Å². The predicted molar refractivity (Wildman–Crippen MR) is 411 cm³/mol. The van der Waals surface area contributed by atoms with Gasteiger partial charge in [-0.3, -0.25) is 40.4 Å². The summed E-state index contributed by atoms with van der Waals surface area (Å²) in [6, 6.07) is 167. The monoisotopic (exact) mass is 2620 g/mol. The van der Waals surface area contributed by atoms with Crippen molar-refractivity contribution in [3.8, 4) is 111 Å². The molecule has 0 N–H and O–H groups in total. The minimum atomic E-state index is 0. The van der Waals surface area contributed by atoms with E-state index < -0.39 is 0 Å². The van der Waals surface area contributed by atoms with Gasteiger partial charge < -0.3 is 51.5 Å². The van der Waals surface area contributed by atoms with Crippen LogP contribution in [0.5, 0.6) is 0 Å². The van der Waals surface area contributed by atoms with Gasteiger partial charge >= 0.3 is 0 Å². The number of nitrogens with zero attached hydrogens (tertiary/aromatic N) is 2. The van der Waals surface area contributed by atoms with E-state index in [4.69, 9.17) is 0 Å². The van der Waals surface area contributed by atoms with Gasteiger partial charge in [-0.25, -0.2) is 164 Å². The summed E-state index contributed by atoms with van der Waals surface area (Å²) in [5.41, 5.74) is 19.6. The summed E-state index contributed by atoms with van der Waals surface area (Å²) >= 11 is 0. The summed E-state index contributed by atoms with van der Waals surface area (Å²) < 4.78 is 0. The summed E-state index contributed by atoms with van der Waals surface area (Å²) in [6.45, 7) is 0.